The molecule has 1 heterocycles. The maximum Gasteiger partial charge on any atom is 0.248 e. The van der Waals surface area contributed by atoms with Crippen molar-refractivity contribution in [2.45, 2.75) is 56.9 Å². The summed E-state index contributed by atoms with van der Waals surface area (Å²) >= 11 is 0. The molecule has 3 rings (SSSR count). The predicted molar refractivity (Wildman–Crippen MR) is 89.1 cm³/mol. The molecule has 23 heavy (non-hydrogen) atoms. The fourth-order valence-corrected chi connectivity index (χ4v) is 3.34. The molecule has 2 aliphatic rings. The number of hydrogen-bond donors (Lipinski definition) is 1. The minimum absolute atomic E-state index is 0.00493. The number of nitrogens with zero attached hydrogens (tertiary/aromatic N) is 3. The van der Waals surface area contributed by atoms with Crippen LogP contribution >= 0.6 is 0 Å². The van der Waals surface area contributed by atoms with Crippen molar-refractivity contribution in [3.8, 4) is 0 Å². The lowest BCUT2D eigenvalue weighted by atomic mass is 9.84. The number of amidine groups is 1. The minimum atomic E-state index is -2.53. The van der Waals surface area contributed by atoms with E-state index in [1.807, 2.05) is 4.68 Å². The smallest absolute Gasteiger partial charge is 0.248 e. The summed E-state index contributed by atoms with van der Waals surface area (Å²) < 4.78 is 28.7. The molecule has 0 saturated heterocycles. The summed E-state index contributed by atoms with van der Waals surface area (Å²) in [4.78, 5) is 4.38. The van der Waals surface area contributed by atoms with Gasteiger partial charge in [-0.2, -0.15) is 5.10 Å². The van der Waals surface area contributed by atoms with Crippen LogP contribution in [0.3, 0.4) is 0 Å². The van der Waals surface area contributed by atoms with Crippen molar-refractivity contribution in [3.05, 3.63) is 18.3 Å². The second-order valence-corrected chi connectivity index (χ2v) is 6.55. The fourth-order valence-electron chi connectivity index (χ4n) is 3.34. The molecule has 0 aliphatic heterocycles. The molecule has 2 saturated carbocycles. The average molecular weight is 322 g/mol. The Kier molecular flexibility index (Phi) is 4.50. The van der Waals surface area contributed by atoms with E-state index in [1.54, 1.807) is 19.3 Å². The monoisotopic (exact) mass is 322 g/mol. The molecule has 1 aromatic heterocycles. The van der Waals surface area contributed by atoms with Crippen LogP contribution in [-0.2, 0) is 0 Å². The highest BCUT2D eigenvalue weighted by Crippen LogP contribution is 2.40. The van der Waals surface area contributed by atoms with Crippen molar-refractivity contribution in [2.24, 2.45) is 10.9 Å². The van der Waals surface area contributed by atoms with Crippen LogP contribution in [0.5, 0.6) is 0 Å². The first-order valence-electron chi connectivity index (χ1n) is 8.35. The van der Waals surface area contributed by atoms with Gasteiger partial charge in [0.25, 0.3) is 0 Å². The van der Waals surface area contributed by atoms with Gasteiger partial charge in [-0.15, -0.1) is 0 Å². The van der Waals surface area contributed by atoms with Crippen molar-refractivity contribution in [1.82, 2.24) is 9.78 Å². The molecule has 2 fully saturated rings. The summed E-state index contributed by atoms with van der Waals surface area (Å²) in [5.74, 6) is -0.262. The standard InChI is InChI=1S/C17H24F2N4/c1-3-12-11-21-23(14-7-9-17(18,19)10-8-14)16(12)22-15(20-2)13-5-4-6-13/h3,11,13-14H,1,4-10H2,2H3,(H,20,22). The molecule has 0 bridgehead atoms. The van der Waals surface area contributed by atoms with E-state index in [9.17, 15) is 8.78 Å². The molecule has 0 unspecified atom stereocenters. The van der Waals surface area contributed by atoms with Crippen molar-refractivity contribution in [2.75, 3.05) is 12.4 Å². The summed E-state index contributed by atoms with van der Waals surface area (Å²) in [6.45, 7) is 3.83. The number of alkyl halides is 2. The van der Waals surface area contributed by atoms with Crippen molar-refractivity contribution >= 4 is 17.7 Å². The molecule has 4 nitrogen and oxygen atoms in total. The Morgan fingerprint density at radius 3 is 2.61 bits per heavy atom. The lowest BCUT2D eigenvalue weighted by molar-refractivity contribution is -0.0447. The van der Waals surface area contributed by atoms with Gasteiger partial charge in [0.1, 0.15) is 11.7 Å². The molecule has 126 valence electrons. The largest absolute Gasteiger partial charge is 0.328 e. The number of hydrogen-bond acceptors (Lipinski definition) is 2. The Morgan fingerprint density at radius 1 is 1.39 bits per heavy atom. The highest BCUT2D eigenvalue weighted by molar-refractivity contribution is 5.98. The van der Waals surface area contributed by atoms with Crippen molar-refractivity contribution in [1.29, 1.82) is 0 Å². The SMILES string of the molecule is C=Cc1cnn(C2CCC(F)(F)CC2)c1NC(=NC)C1CCC1. The predicted octanol–water partition coefficient (Wildman–Crippen LogP) is 4.52. The molecule has 1 aromatic rings. The Balaban J connectivity index is 1.81. The molecule has 0 amide bonds. The van der Waals surface area contributed by atoms with Crippen LogP contribution in [0, 0.1) is 5.92 Å². The highest BCUT2D eigenvalue weighted by atomic mass is 19.3. The maximum absolute atomic E-state index is 13.4. The number of rotatable bonds is 4. The summed E-state index contributed by atoms with van der Waals surface area (Å²) in [6.07, 6.45) is 7.77. The number of aromatic nitrogens is 2. The molecule has 0 radical (unpaired) electrons. The normalized spacial score (nSPS) is 22.7. The zero-order chi connectivity index (χ0) is 16.4. The fraction of sp³-hybridized carbons (Fsp3) is 0.647. The Morgan fingerprint density at radius 2 is 2.09 bits per heavy atom. The topological polar surface area (TPSA) is 42.2 Å². The first-order chi connectivity index (χ1) is 11.0. The van der Waals surface area contributed by atoms with Gasteiger partial charge in [-0.1, -0.05) is 19.1 Å². The lowest BCUT2D eigenvalue weighted by Gasteiger charge is -2.31. The number of anilines is 1. The molecule has 0 spiro atoms. The minimum Gasteiger partial charge on any atom is -0.328 e. The van der Waals surface area contributed by atoms with Crippen LogP contribution in [-0.4, -0.2) is 28.6 Å². The maximum atomic E-state index is 13.4. The van der Waals surface area contributed by atoms with Gasteiger partial charge in [-0.25, -0.2) is 13.5 Å². The molecular weight excluding hydrogens is 298 g/mol. The van der Waals surface area contributed by atoms with Crippen LogP contribution in [0.25, 0.3) is 6.08 Å². The highest BCUT2D eigenvalue weighted by Gasteiger charge is 2.36. The van der Waals surface area contributed by atoms with Crippen LogP contribution in [0.1, 0.15) is 56.6 Å². The van der Waals surface area contributed by atoms with E-state index in [1.165, 1.54) is 6.42 Å². The van der Waals surface area contributed by atoms with Crippen molar-refractivity contribution < 1.29 is 8.78 Å². The Labute approximate surface area is 135 Å². The lowest BCUT2D eigenvalue weighted by Crippen LogP contribution is -2.31. The molecule has 2 aliphatic carbocycles. The van der Waals surface area contributed by atoms with Gasteiger partial charge in [-0.05, 0) is 25.7 Å². The Hall–Kier alpha value is -1.72. The van der Waals surface area contributed by atoms with E-state index in [0.29, 0.717) is 18.8 Å². The van der Waals surface area contributed by atoms with E-state index in [-0.39, 0.29) is 18.9 Å². The van der Waals surface area contributed by atoms with Crippen LogP contribution < -0.4 is 5.32 Å². The van der Waals surface area contributed by atoms with Gasteiger partial charge in [-0.3, -0.25) is 4.99 Å². The molecule has 6 heteroatoms. The average Bonchev–Trinajstić information content (AvgIpc) is 2.87. The molecule has 0 aromatic carbocycles. The summed E-state index contributed by atoms with van der Waals surface area (Å²) in [5, 5.41) is 7.84. The van der Waals surface area contributed by atoms with Crippen LogP contribution in [0.15, 0.2) is 17.8 Å². The third-order valence-corrected chi connectivity index (χ3v) is 5.06. The van der Waals surface area contributed by atoms with Gasteiger partial charge in [0.05, 0.1) is 12.2 Å². The van der Waals surface area contributed by atoms with Gasteiger partial charge in [0, 0.05) is 31.4 Å². The van der Waals surface area contributed by atoms with E-state index in [4.69, 9.17) is 0 Å². The number of nitrogens with one attached hydrogen (secondary N) is 1. The van der Waals surface area contributed by atoms with Crippen molar-refractivity contribution in [3.63, 3.8) is 0 Å². The van der Waals surface area contributed by atoms with Gasteiger partial charge in [0.2, 0.25) is 5.92 Å². The zero-order valence-corrected chi connectivity index (χ0v) is 13.6. The van der Waals surface area contributed by atoms with E-state index >= 15 is 0 Å². The number of aliphatic imine (C=N–C) groups is 1. The van der Waals surface area contributed by atoms with E-state index in [2.05, 4.69) is 22.0 Å². The summed E-state index contributed by atoms with van der Waals surface area (Å²) in [5.41, 5.74) is 0.891. The van der Waals surface area contributed by atoms with Crippen LogP contribution in [0.4, 0.5) is 14.6 Å². The van der Waals surface area contributed by atoms with Gasteiger partial charge < -0.3 is 5.32 Å². The summed E-state index contributed by atoms with van der Waals surface area (Å²) in [7, 11) is 1.79. The second-order valence-electron chi connectivity index (χ2n) is 6.55. The molecular formula is C17H24F2N4. The first kappa shape index (κ1) is 16.1. The van der Waals surface area contributed by atoms with Gasteiger partial charge in [0.15, 0.2) is 0 Å². The Bertz CT molecular complexity index is 592. The third-order valence-electron chi connectivity index (χ3n) is 5.06. The second kappa shape index (κ2) is 6.42. The van der Waals surface area contributed by atoms with E-state index in [0.717, 1.165) is 30.1 Å². The van der Waals surface area contributed by atoms with Crippen LogP contribution in [0.2, 0.25) is 0 Å². The summed E-state index contributed by atoms with van der Waals surface area (Å²) in [6, 6.07) is 0.00493. The quantitative estimate of drug-likeness (QED) is 0.654. The molecule has 0 atom stereocenters. The first-order valence-corrected chi connectivity index (χ1v) is 8.35. The third kappa shape index (κ3) is 3.31. The van der Waals surface area contributed by atoms with Gasteiger partial charge >= 0.3 is 0 Å². The zero-order valence-electron chi connectivity index (χ0n) is 13.6. The number of halogens is 2. The van der Waals surface area contributed by atoms with E-state index < -0.39 is 5.92 Å². The molecule has 1 N–H and O–H groups in total.